The molecule has 15 heavy (non-hydrogen) atoms. The van der Waals surface area contributed by atoms with E-state index in [0.29, 0.717) is 15.2 Å². The standard InChI is InChI=1S/C8H6BrClN4O/c9-6-3-5(10)1-2-7(6)13-8(15)4-12-14-11/h1-3H,4H2,(H,13,15). The van der Waals surface area contributed by atoms with Crippen LogP contribution >= 0.6 is 27.5 Å². The van der Waals surface area contributed by atoms with Crippen LogP contribution in [0.1, 0.15) is 0 Å². The molecule has 5 nitrogen and oxygen atoms in total. The van der Waals surface area contributed by atoms with Gasteiger partial charge in [-0.15, -0.1) is 0 Å². The number of nitrogens with one attached hydrogen (secondary N) is 1. The number of amides is 1. The number of rotatable bonds is 3. The van der Waals surface area contributed by atoms with Crippen LogP contribution in [-0.4, -0.2) is 12.5 Å². The lowest BCUT2D eigenvalue weighted by Gasteiger charge is -2.05. The Hall–Kier alpha value is -1.23. The molecule has 0 atom stereocenters. The molecule has 78 valence electrons. The SMILES string of the molecule is [N-]=[N+]=NCC(=O)Nc1ccc(Cl)cc1Br. The fourth-order valence-electron chi connectivity index (χ4n) is 0.876. The lowest BCUT2D eigenvalue weighted by atomic mass is 10.3. The van der Waals surface area contributed by atoms with Crippen molar-refractivity contribution in [3.05, 3.63) is 38.1 Å². The molecule has 0 fully saturated rings. The van der Waals surface area contributed by atoms with E-state index in [1.54, 1.807) is 18.2 Å². The minimum Gasteiger partial charge on any atom is -0.325 e. The number of halogens is 2. The molecule has 1 rings (SSSR count). The predicted octanol–water partition coefficient (Wildman–Crippen LogP) is 3.35. The van der Waals surface area contributed by atoms with E-state index in [-0.39, 0.29) is 12.5 Å². The summed E-state index contributed by atoms with van der Waals surface area (Å²) in [5.41, 5.74) is 8.60. The molecule has 0 aliphatic rings. The zero-order chi connectivity index (χ0) is 11.3. The second kappa shape index (κ2) is 5.60. The van der Waals surface area contributed by atoms with Gasteiger partial charge < -0.3 is 5.32 Å². The Morgan fingerprint density at radius 3 is 3.00 bits per heavy atom. The number of carbonyl (C=O) groups excluding carboxylic acids is 1. The van der Waals surface area contributed by atoms with E-state index in [4.69, 9.17) is 17.1 Å². The van der Waals surface area contributed by atoms with Crippen molar-refractivity contribution in [1.82, 2.24) is 0 Å². The van der Waals surface area contributed by atoms with E-state index in [9.17, 15) is 4.79 Å². The molecule has 1 aromatic carbocycles. The molecule has 0 bridgehead atoms. The fraction of sp³-hybridized carbons (Fsp3) is 0.125. The van der Waals surface area contributed by atoms with Crippen LogP contribution in [0.3, 0.4) is 0 Å². The van der Waals surface area contributed by atoms with E-state index in [2.05, 4.69) is 31.3 Å². The lowest BCUT2D eigenvalue weighted by Crippen LogP contribution is -2.14. The highest BCUT2D eigenvalue weighted by Gasteiger charge is 2.04. The molecule has 0 saturated heterocycles. The van der Waals surface area contributed by atoms with Gasteiger partial charge in [-0.25, -0.2) is 0 Å². The Balaban J connectivity index is 2.72. The summed E-state index contributed by atoms with van der Waals surface area (Å²) in [5.74, 6) is -0.379. The Kier molecular flexibility index (Phi) is 4.42. The summed E-state index contributed by atoms with van der Waals surface area (Å²) in [6, 6.07) is 4.96. The number of anilines is 1. The molecule has 1 aromatic rings. The molecule has 0 aromatic heterocycles. The molecular formula is C8H6BrClN4O. The predicted molar refractivity (Wildman–Crippen MR) is 61.8 cm³/mol. The summed E-state index contributed by atoms with van der Waals surface area (Å²) in [5, 5.41) is 6.27. The number of hydrogen-bond donors (Lipinski definition) is 1. The molecule has 0 aliphatic heterocycles. The average Bonchev–Trinajstić information content (AvgIpc) is 2.19. The maximum atomic E-state index is 11.2. The van der Waals surface area contributed by atoms with Crippen molar-refractivity contribution in [3.8, 4) is 0 Å². The number of hydrogen-bond acceptors (Lipinski definition) is 2. The summed E-state index contributed by atoms with van der Waals surface area (Å²) in [6.07, 6.45) is 0. The molecule has 0 unspecified atom stereocenters. The number of carbonyl (C=O) groups is 1. The van der Waals surface area contributed by atoms with Crippen LogP contribution in [0.5, 0.6) is 0 Å². The van der Waals surface area contributed by atoms with Crippen LogP contribution in [0.4, 0.5) is 5.69 Å². The van der Waals surface area contributed by atoms with Crippen molar-refractivity contribution in [1.29, 1.82) is 0 Å². The summed E-state index contributed by atoms with van der Waals surface area (Å²) in [6.45, 7) is -0.231. The smallest absolute Gasteiger partial charge is 0.230 e. The van der Waals surface area contributed by atoms with Gasteiger partial charge in [-0.3, -0.25) is 4.79 Å². The first-order chi connectivity index (χ1) is 7.13. The van der Waals surface area contributed by atoms with Crippen molar-refractivity contribution in [2.24, 2.45) is 5.11 Å². The van der Waals surface area contributed by atoms with E-state index in [1.807, 2.05) is 0 Å². The molecule has 0 heterocycles. The molecule has 0 spiro atoms. The van der Waals surface area contributed by atoms with Crippen molar-refractivity contribution < 1.29 is 4.79 Å². The van der Waals surface area contributed by atoms with Crippen molar-refractivity contribution in [2.75, 3.05) is 11.9 Å². The minimum absolute atomic E-state index is 0.231. The zero-order valence-electron chi connectivity index (χ0n) is 7.44. The van der Waals surface area contributed by atoms with Gasteiger partial charge in [-0.1, -0.05) is 16.7 Å². The second-order valence-corrected chi connectivity index (χ2v) is 3.85. The van der Waals surface area contributed by atoms with E-state index < -0.39 is 0 Å². The highest BCUT2D eigenvalue weighted by Crippen LogP contribution is 2.25. The Morgan fingerprint density at radius 2 is 2.40 bits per heavy atom. The Bertz CT molecular complexity index is 431. The molecule has 0 radical (unpaired) electrons. The summed E-state index contributed by atoms with van der Waals surface area (Å²) >= 11 is 8.97. The average molecular weight is 290 g/mol. The third kappa shape index (κ3) is 3.79. The van der Waals surface area contributed by atoms with Crippen molar-refractivity contribution in [3.63, 3.8) is 0 Å². The fourth-order valence-corrected chi connectivity index (χ4v) is 1.66. The molecule has 0 saturated carbocycles. The number of nitrogens with zero attached hydrogens (tertiary/aromatic N) is 3. The van der Waals surface area contributed by atoms with Gasteiger partial charge in [-0.05, 0) is 39.7 Å². The second-order valence-electron chi connectivity index (χ2n) is 2.56. The van der Waals surface area contributed by atoms with Gasteiger partial charge >= 0.3 is 0 Å². The van der Waals surface area contributed by atoms with E-state index >= 15 is 0 Å². The Labute approximate surface area is 99.2 Å². The van der Waals surface area contributed by atoms with Crippen molar-refractivity contribution in [2.45, 2.75) is 0 Å². The molecule has 0 aliphatic carbocycles. The monoisotopic (exact) mass is 288 g/mol. The maximum Gasteiger partial charge on any atom is 0.230 e. The summed E-state index contributed by atoms with van der Waals surface area (Å²) in [7, 11) is 0. The highest BCUT2D eigenvalue weighted by molar-refractivity contribution is 9.10. The lowest BCUT2D eigenvalue weighted by molar-refractivity contribution is -0.114. The van der Waals surface area contributed by atoms with E-state index in [0.717, 1.165) is 0 Å². The largest absolute Gasteiger partial charge is 0.325 e. The molecule has 1 N–H and O–H groups in total. The normalized spacial score (nSPS) is 9.20. The minimum atomic E-state index is -0.379. The molecular weight excluding hydrogens is 283 g/mol. The highest BCUT2D eigenvalue weighted by atomic mass is 79.9. The van der Waals surface area contributed by atoms with E-state index in [1.165, 1.54) is 0 Å². The van der Waals surface area contributed by atoms with Crippen LogP contribution in [-0.2, 0) is 4.79 Å². The van der Waals surface area contributed by atoms with Crippen LogP contribution in [0, 0.1) is 0 Å². The van der Waals surface area contributed by atoms with Crippen LogP contribution in [0.2, 0.25) is 5.02 Å². The van der Waals surface area contributed by atoms with Crippen LogP contribution in [0.25, 0.3) is 10.4 Å². The third-order valence-corrected chi connectivity index (χ3v) is 2.37. The van der Waals surface area contributed by atoms with Gasteiger partial charge in [0, 0.05) is 14.4 Å². The number of benzene rings is 1. The molecule has 7 heteroatoms. The number of azide groups is 1. The third-order valence-electron chi connectivity index (χ3n) is 1.48. The van der Waals surface area contributed by atoms with Gasteiger partial charge in [0.15, 0.2) is 0 Å². The van der Waals surface area contributed by atoms with Crippen LogP contribution in [0.15, 0.2) is 27.8 Å². The first kappa shape index (κ1) is 11.8. The van der Waals surface area contributed by atoms with Gasteiger partial charge in [-0.2, -0.15) is 0 Å². The first-order valence-corrected chi connectivity index (χ1v) is 5.06. The van der Waals surface area contributed by atoms with Gasteiger partial charge in [0.25, 0.3) is 0 Å². The van der Waals surface area contributed by atoms with Crippen LogP contribution < -0.4 is 5.32 Å². The first-order valence-electron chi connectivity index (χ1n) is 3.89. The zero-order valence-corrected chi connectivity index (χ0v) is 9.79. The van der Waals surface area contributed by atoms with Gasteiger partial charge in [0.1, 0.15) is 6.54 Å². The molecule has 1 amide bonds. The van der Waals surface area contributed by atoms with Gasteiger partial charge in [0.05, 0.1) is 5.69 Å². The van der Waals surface area contributed by atoms with Gasteiger partial charge in [0.2, 0.25) is 5.91 Å². The summed E-state index contributed by atoms with van der Waals surface area (Å²) < 4.78 is 0.671. The topological polar surface area (TPSA) is 77.9 Å². The summed E-state index contributed by atoms with van der Waals surface area (Å²) in [4.78, 5) is 13.7. The quantitative estimate of drug-likeness (QED) is 0.517. The maximum absolute atomic E-state index is 11.2. The Morgan fingerprint density at radius 1 is 1.67 bits per heavy atom. The van der Waals surface area contributed by atoms with Crippen molar-refractivity contribution >= 4 is 39.1 Å².